The maximum atomic E-state index is 10.4. The Balaban J connectivity index is 0.00000196. The molecule has 1 aromatic carbocycles. The van der Waals surface area contributed by atoms with Gasteiger partial charge in [0.25, 0.3) is 0 Å². The van der Waals surface area contributed by atoms with Crippen LogP contribution in [0.3, 0.4) is 0 Å². The van der Waals surface area contributed by atoms with Crippen LogP contribution in [0, 0.1) is 13.8 Å². The van der Waals surface area contributed by atoms with Gasteiger partial charge in [0, 0.05) is 5.75 Å². The van der Waals surface area contributed by atoms with Crippen molar-refractivity contribution in [2.24, 2.45) is 0 Å². The van der Waals surface area contributed by atoms with Crippen LogP contribution in [-0.2, 0) is 17.5 Å². The topological polar surface area (TPSA) is 60.4 Å². The van der Waals surface area contributed by atoms with Gasteiger partial charge in [0.1, 0.15) is 5.75 Å². The van der Waals surface area contributed by atoms with E-state index in [4.69, 9.17) is 0 Å². The maximum Gasteiger partial charge on any atom is 1.00 e. The fourth-order valence-electron chi connectivity index (χ4n) is 1.43. The van der Waals surface area contributed by atoms with Crippen molar-refractivity contribution in [2.45, 2.75) is 20.3 Å². The fourth-order valence-corrected chi connectivity index (χ4v) is 1.82. The Morgan fingerprint density at radius 2 is 2.00 bits per heavy atom. The Morgan fingerprint density at radius 3 is 2.53 bits per heavy atom. The van der Waals surface area contributed by atoms with Crippen LogP contribution < -0.4 is 29.6 Å². The van der Waals surface area contributed by atoms with Gasteiger partial charge in [-0.05, 0) is 31.4 Å². The molecule has 15 heavy (non-hydrogen) atoms. The molecule has 0 spiro atoms. The molecule has 0 aliphatic rings. The minimum Gasteiger partial charge on any atom is -0.772 e. The molecule has 1 aromatic rings. The van der Waals surface area contributed by atoms with E-state index in [1.807, 2.05) is 19.1 Å². The van der Waals surface area contributed by atoms with Gasteiger partial charge in [0.2, 0.25) is 0 Å². The summed E-state index contributed by atoms with van der Waals surface area (Å²) in [7, 11) is 0. The van der Waals surface area contributed by atoms with Gasteiger partial charge >= 0.3 is 29.6 Å². The molecule has 0 radical (unpaired) electrons. The van der Waals surface area contributed by atoms with Gasteiger partial charge in [-0.3, -0.25) is 4.21 Å². The molecule has 0 aliphatic heterocycles. The van der Waals surface area contributed by atoms with E-state index in [1.165, 1.54) is 0 Å². The maximum absolute atomic E-state index is 10.4. The standard InChI is InChI=1S/C10H14O3S.Na/c1-7-5-8(2)10(11)9(6-7)3-4-14(12)13;/h5-6,11H,3-4H2,1-2H3,(H,12,13);/q;+1/p-1. The first-order chi connectivity index (χ1) is 6.50. The van der Waals surface area contributed by atoms with Crippen molar-refractivity contribution in [1.82, 2.24) is 0 Å². The zero-order valence-electron chi connectivity index (χ0n) is 9.24. The van der Waals surface area contributed by atoms with E-state index in [-0.39, 0.29) is 41.1 Å². The van der Waals surface area contributed by atoms with E-state index in [0.29, 0.717) is 12.0 Å². The van der Waals surface area contributed by atoms with Crippen LogP contribution in [0.25, 0.3) is 0 Å². The molecule has 1 unspecified atom stereocenters. The summed E-state index contributed by atoms with van der Waals surface area (Å²) in [5.41, 5.74) is 2.52. The fraction of sp³-hybridized carbons (Fsp3) is 0.400. The number of rotatable bonds is 3. The molecule has 0 saturated heterocycles. The van der Waals surface area contributed by atoms with Gasteiger partial charge in [-0.2, -0.15) is 0 Å². The van der Waals surface area contributed by atoms with Crippen LogP contribution >= 0.6 is 0 Å². The second kappa shape index (κ2) is 6.66. The van der Waals surface area contributed by atoms with E-state index >= 15 is 0 Å². The normalized spacial score (nSPS) is 11.9. The Kier molecular flexibility index (Phi) is 6.71. The quantitative estimate of drug-likeness (QED) is 0.510. The zero-order valence-corrected chi connectivity index (χ0v) is 12.1. The van der Waals surface area contributed by atoms with E-state index < -0.39 is 11.1 Å². The molecule has 1 atom stereocenters. The molecule has 5 heteroatoms. The molecule has 1 rings (SSSR count). The number of phenols is 1. The van der Waals surface area contributed by atoms with Crippen LogP contribution in [0.1, 0.15) is 16.7 Å². The van der Waals surface area contributed by atoms with Crippen molar-refractivity contribution in [3.8, 4) is 5.75 Å². The molecule has 0 heterocycles. The van der Waals surface area contributed by atoms with Crippen LogP contribution in [0.4, 0.5) is 0 Å². The largest absolute Gasteiger partial charge is 1.00 e. The SMILES string of the molecule is Cc1cc(C)c(O)c(CCS(=O)[O-])c1.[Na+]. The Morgan fingerprint density at radius 1 is 1.40 bits per heavy atom. The summed E-state index contributed by atoms with van der Waals surface area (Å²) < 4.78 is 20.7. The third-order valence-corrected chi connectivity index (χ3v) is 2.60. The number of aromatic hydroxyl groups is 1. The summed E-state index contributed by atoms with van der Waals surface area (Å²) in [4.78, 5) is 0. The first-order valence-electron chi connectivity index (χ1n) is 4.35. The summed E-state index contributed by atoms with van der Waals surface area (Å²) in [6.07, 6.45) is 0.366. The molecule has 0 aliphatic carbocycles. The van der Waals surface area contributed by atoms with Crippen molar-refractivity contribution < 1.29 is 43.4 Å². The molecule has 78 valence electrons. The summed E-state index contributed by atoms with van der Waals surface area (Å²) in [5, 5.41) is 9.63. The number of benzene rings is 1. The first kappa shape index (κ1) is 15.1. The Labute approximate surface area is 114 Å². The number of hydrogen-bond acceptors (Lipinski definition) is 3. The van der Waals surface area contributed by atoms with E-state index in [9.17, 15) is 13.9 Å². The van der Waals surface area contributed by atoms with Gasteiger partial charge < -0.3 is 9.66 Å². The van der Waals surface area contributed by atoms with Gasteiger partial charge in [-0.1, -0.05) is 28.8 Å². The number of hydrogen-bond donors (Lipinski definition) is 1. The first-order valence-corrected chi connectivity index (χ1v) is 5.60. The molecule has 1 N–H and O–H groups in total. The van der Waals surface area contributed by atoms with Gasteiger partial charge in [-0.25, -0.2) is 0 Å². The molecule has 0 saturated carbocycles. The van der Waals surface area contributed by atoms with E-state index in [2.05, 4.69) is 0 Å². The summed E-state index contributed by atoms with van der Waals surface area (Å²) in [6, 6.07) is 3.68. The van der Waals surface area contributed by atoms with Crippen molar-refractivity contribution in [3.05, 3.63) is 28.8 Å². The minimum atomic E-state index is -2.05. The van der Waals surface area contributed by atoms with E-state index in [0.717, 1.165) is 11.1 Å². The summed E-state index contributed by atoms with van der Waals surface area (Å²) in [5.74, 6) is 0.261. The molecule has 0 fully saturated rings. The third kappa shape index (κ3) is 4.66. The predicted octanol–water partition coefficient (Wildman–Crippen LogP) is -1.57. The van der Waals surface area contributed by atoms with Gasteiger partial charge in [0.15, 0.2) is 0 Å². The molecular weight excluding hydrogens is 223 g/mol. The average molecular weight is 236 g/mol. The smallest absolute Gasteiger partial charge is 0.772 e. The summed E-state index contributed by atoms with van der Waals surface area (Å²) in [6.45, 7) is 3.73. The van der Waals surface area contributed by atoms with Gasteiger partial charge in [-0.15, -0.1) is 0 Å². The average Bonchev–Trinajstić information content (AvgIpc) is 2.08. The monoisotopic (exact) mass is 236 g/mol. The van der Waals surface area contributed by atoms with Crippen molar-refractivity contribution in [1.29, 1.82) is 0 Å². The Bertz CT molecular complexity index is 366. The minimum absolute atomic E-state index is 0. The molecule has 0 aromatic heterocycles. The second-order valence-corrected chi connectivity index (χ2v) is 4.36. The third-order valence-electron chi connectivity index (χ3n) is 2.06. The van der Waals surface area contributed by atoms with Crippen LogP contribution in [0.15, 0.2) is 12.1 Å². The predicted molar refractivity (Wildman–Crippen MR) is 55.1 cm³/mol. The zero-order chi connectivity index (χ0) is 10.7. The number of aryl methyl sites for hydroxylation is 3. The molecule has 3 nitrogen and oxygen atoms in total. The van der Waals surface area contributed by atoms with Crippen LogP contribution in [0.5, 0.6) is 5.75 Å². The number of phenolic OH excluding ortho intramolecular Hbond substituents is 1. The summed E-state index contributed by atoms with van der Waals surface area (Å²) >= 11 is -2.05. The van der Waals surface area contributed by atoms with E-state index in [1.54, 1.807) is 6.92 Å². The molecule has 0 bridgehead atoms. The molecule has 0 amide bonds. The van der Waals surface area contributed by atoms with Crippen molar-refractivity contribution in [2.75, 3.05) is 5.75 Å². The second-order valence-electron chi connectivity index (χ2n) is 3.35. The Hall–Kier alpha value is 0.130. The molecular formula is C10H13NaO3S. The van der Waals surface area contributed by atoms with Crippen molar-refractivity contribution in [3.63, 3.8) is 0 Å². The van der Waals surface area contributed by atoms with Crippen molar-refractivity contribution >= 4 is 11.1 Å². The van der Waals surface area contributed by atoms with Crippen LogP contribution in [0.2, 0.25) is 0 Å². The van der Waals surface area contributed by atoms with Gasteiger partial charge in [0.05, 0.1) is 0 Å². The van der Waals surface area contributed by atoms with Crippen LogP contribution in [-0.4, -0.2) is 19.6 Å².